The van der Waals surface area contributed by atoms with Crippen LogP contribution in [0.15, 0.2) is 61.7 Å². The minimum atomic E-state index is -0.0976. The quantitative estimate of drug-likeness (QED) is 0.116. The number of allylic oxidation sites excluding steroid dienone is 2. The molecule has 6 heteroatoms. The highest BCUT2D eigenvalue weighted by Gasteiger charge is 2.35. The van der Waals surface area contributed by atoms with E-state index in [1.807, 2.05) is 27.8 Å². The molecule has 3 unspecified atom stereocenters. The SMILES string of the molecule is C=CCCCN(C)C1CC(C)(C)Oc2ccc(C)cc21.C=CCCCNC.CC(C)C(C)C.CCC(C)(C)C.CCCCC(C)(C)CC.Cc1ccc2c(c1)CCC(C)O2.PCl. The van der Waals surface area contributed by atoms with Crippen LogP contribution in [-0.2, 0) is 6.42 Å². The van der Waals surface area contributed by atoms with Gasteiger partial charge in [0.05, 0.1) is 6.10 Å². The fraction of sp³-hybridized carbons (Fsp3) is 0.714. The number of nitrogens with one attached hydrogen (secondary N) is 1. The average Bonchev–Trinajstić information content (AvgIpc) is 3.22. The van der Waals surface area contributed by atoms with Gasteiger partial charge in [0, 0.05) is 18.0 Å². The van der Waals surface area contributed by atoms with E-state index in [1.165, 1.54) is 67.2 Å². The molecule has 4 nitrogen and oxygen atoms in total. The van der Waals surface area contributed by atoms with Gasteiger partial charge in [0.15, 0.2) is 0 Å². The van der Waals surface area contributed by atoms with Crippen LogP contribution in [0.5, 0.6) is 11.5 Å². The van der Waals surface area contributed by atoms with Gasteiger partial charge in [-0.05, 0) is 156 Å². The lowest BCUT2D eigenvalue weighted by atomic mass is 9.85. The normalized spacial score (nSPS) is 15.7. The second kappa shape index (κ2) is 36.4. The number of hydrogen-bond acceptors (Lipinski definition) is 4. The van der Waals surface area contributed by atoms with Crippen LogP contribution in [0.1, 0.15) is 203 Å². The van der Waals surface area contributed by atoms with Gasteiger partial charge < -0.3 is 14.8 Å². The Morgan fingerprint density at radius 3 is 1.84 bits per heavy atom. The summed E-state index contributed by atoms with van der Waals surface area (Å²) in [6.45, 7) is 47.5. The van der Waals surface area contributed by atoms with Crippen LogP contribution in [0.25, 0.3) is 0 Å². The number of rotatable bonds is 14. The predicted molar refractivity (Wildman–Crippen MR) is 287 cm³/mol. The number of ether oxygens (including phenoxy) is 2. The van der Waals surface area contributed by atoms with E-state index in [9.17, 15) is 0 Å². The van der Waals surface area contributed by atoms with E-state index in [0.717, 1.165) is 68.5 Å². The molecule has 0 aliphatic carbocycles. The topological polar surface area (TPSA) is 33.7 Å². The molecule has 2 aliphatic rings. The number of hydrogen-bond donors (Lipinski definition) is 1. The van der Waals surface area contributed by atoms with E-state index in [4.69, 9.17) is 9.47 Å². The maximum absolute atomic E-state index is 6.14. The van der Waals surface area contributed by atoms with Gasteiger partial charge in [-0.25, -0.2) is 0 Å². The molecule has 2 aromatic rings. The Hall–Kier alpha value is -1.84. The summed E-state index contributed by atoms with van der Waals surface area (Å²) in [7, 11) is 6.07. The monoisotopic (exact) mass is 903 g/mol. The predicted octanol–water partition coefficient (Wildman–Crippen LogP) is 17.7. The summed E-state index contributed by atoms with van der Waals surface area (Å²) in [6, 6.07) is 13.4. The smallest absolute Gasteiger partial charge is 0.124 e. The first-order valence-corrected chi connectivity index (χ1v) is 26.0. The Kier molecular flexibility index (Phi) is 37.8. The van der Waals surface area contributed by atoms with Crippen LogP contribution in [0.4, 0.5) is 0 Å². The molecule has 0 saturated carbocycles. The van der Waals surface area contributed by atoms with E-state index in [1.54, 1.807) is 0 Å². The van der Waals surface area contributed by atoms with Gasteiger partial charge in [-0.2, -0.15) is 0 Å². The van der Waals surface area contributed by atoms with Crippen molar-refractivity contribution in [3.63, 3.8) is 0 Å². The van der Waals surface area contributed by atoms with Gasteiger partial charge in [-0.3, -0.25) is 4.90 Å². The molecule has 0 spiro atoms. The van der Waals surface area contributed by atoms with Crippen LogP contribution >= 0.6 is 19.8 Å². The van der Waals surface area contributed by atoms with Crippen molar-refractivity contribution in [2.24, 2.45) is 22.7 Å². The standard InChI is InChI=1S/C18H27NO.C11H14O.C9H20.C6H13N.2C6H14.ClH2P/c1-6-7-8-11-19(5)16-13-18(3,4)20-17-10-9-14(2)12-15(16)17;1-8-3-6-11-10(7-8)5-4-9(2)12-11;1-5-7-8-9(3,4)6-2;1-3-4-5-6-7-2;1-5-6(2,3)4;1-5(2)6(3)4;1-2/h6,9-10,12,16H,1,7-8,11,13H2,2-5H3;3,6-7,9H,4-5H2,1-2H3;5-8H2,1-4H3;3,7H,1,4-6H2,2H3;5H2,1-4H3;5-6H,1-4H3;2H2. The van der Waals surface area contributed by atoms with Crippen molar-refractivity contribution in [3.05, 3.63) is 84.0 Å². The molecule has 0 radical (unpaired) electrons. The van der Waals surface area contributed by atoms with Crippen LogP contribution in [0.2, 0.25) is 0 Å². The molecular weight excluding hydrogens is 799 g/mol. The molecule has 3 atom stereocenters. The maximum Gasteiger partial charge on any atom is 0.124 e. The Morgan fingerprint density at radius 1 is 0.855 bits per heavy atom. The third-order valence-electron chi connectivity index (χ3n) is 11.8. The zero-order chi connectivity index (χ0) is 48.5. The van der Waals surface area contributed by atoms with Crippen molar-refractivity contribution in [1.82, 2.24) is 10.2 Å². The summed E-state index contributed by atoms with van der Waals surface area (Å²) in [4.78, 5) is 2.46. The minimum absolute atomic E-state index is 0.0976. The van der Waals surface area contributed by atoms with Gasteiger partial charge in [-0.15, -0.1) is 24.4 Å². The van der Waals surface area contributed by atoms with Crippen LogP contribution in [0.3, 0.4) is 0 Å². The second-order valence-corrected chi connectivity index (χ2v) is 20.7. The molecule has 0 aromatic heterocycles. The van der Waals surface area contributed by atoms with Gasteiger partial charge >= 0.3 is 0 Å². The first-order chi connectivity index (χ1) is 28.9. The van der Waals surface area contributed by atoms with E-state index >= 15 is 0 Å². The van der Waals surface area contributed by atoms with Crippen molar-refractivity contribution >= 4 is 19.8 Å². The number of unbranched alkanes of at least 4 members (excludes halogenated alkanes) is 3. The van der Waals surface area contributed by atoms with Crippen LogP contribution < -0.4 is 14.8 Å². The third-order valence-corrected chi connectivity index (χ3v) is 11.8. The molecule has 0 bridgehead atoms. The molecule has 0 amide bonds. The molecule has 0 saturated heterocycles. The van der Waals surface area contributed by atoms with Gasteiger partial charge in [0.2, 0.25) is 0 Å². The zero-order valence-corrected chi connectivity index (χ0v) is 46.4. The van der Waals surface area contributed by atoms with Gasteiger partial charge in [0.1, 0.15) is 17.1 Å². The molecule has 4 rings (SSSR count). The zero-order valence-electron chi connectivity index (χ0n) is 44.5. The fourth-order valence-corrected chi connectivity index (χ4v) is 5.88. The largest absolute Gasteiger partial charge is 0.490 e. The van der Waals surface area contributed by atoms with Gasteiger partial charge in [-0.1, -0.05) is 156 Å². The molecule has 362 valence electrons. The number of fused-ring (bicyclic) bond motifs is 2. The average molecular weight is 904 g/mol. The lowest BCUT2D eigenvalue weighted by Crippen LogP contribution is -2.40. The van der Waals surface area contributed by atoms with Crippen molar-refractivity contribution in [1.29, 1.82) is 0 Å². The van der Waals surface area contributed by atoms with Crippen LogP contribution in [-0.4, -0.2) is 43.8 Å². The number of benzene rings is 2. The molecule has 1 N–H and O–H groups in total. The van der Waals surface area contributed by atoms with E-state index in [-0.39, 0.29) is 5.60 Å². The summed E-state index contributed by atoms with van der Waals surface area (Å²) < 4.78 is 11.8. The van der Waals surface area contributed by atoms with E-state index in [0.29, 0.717) is 23.0 Å². The minimum Gasteiger partial charge on any atom is -0.490 e. The second-order valence-electron chi connectivity index (χ2n) is 20.7. The van der Waals surface area contributed by atoms with Crippen molar-refractivity contribution in [2.45, 2.75) is 213 Å². The maximum atomic E-state index is 6.14. The summed E-state index contributed by atoms with van der Waals surface area (Å²) in [5, 5.41) is 3.05. The fourth-order valence-electron chi connectivity index (χ4n) is 5.88. The van der Waals surface area contributed by atoms with Crippen molar-refractivity contribution in [2.75, 3.05) is 27.2 Å². The summed E-state index contributed by atoms with van der Waals surface area (Å²) in [6.07, 6.45) is 19.0. The molecule has 2 aromatic carbocycles. The highest BCUT2D eigenvalue weighted by Crippen LogP contribution is 2.42. The molecule has 2 aliphatic heterocycles. The molecular formula is C56H104ClN2O2P. The van der Waals surface area contributed by atoms with E-state index in [2.05, 4.69) is 196 Å². The first-order valence-electron chi connectivity index (χ1n) is 24.3. The highest BCUT2D eigenvalue weighted by molar-refractivity contribution is 7.52. The Balaban J connectivity index is -0.000000717. The van der Waals surface area contributed by atoms with Gasteiger partial charge in [0.25, 0.3) is 0 Å². The lowest BCUT2D eigenvalue weighted by Gasteiger charge is -2.41. The summed E-state index contributed by atoms with van der Waals surface area (Å²) >= 11 is 4.56. The third kappa shape index (κ3) is 33.6. The first kappa shape index (κ1) is 64.4. The number of halogens is 1. The molecule has 62 heavy (non-hydrogen) atoms. The highest BCUT2D eigenvalue weighted by atomic mass is 35.7. The van der Waals surface area contributed by atoms with E-state index < -0.39 is 0 Å². The Bertz CT molecular complexity index is 1390. The molecule has 2 heterocycles. The van der Waals surface area contributed by atoms with Crippen LogP contribution in [0, 0.1) is 36.5 Å². The van der Waals surface area contributed by atoms with Crippen molar-refractivity contribution in [3.8, 4) is 11.5 Å². The Morgan fingerprint density at radius 2 is 1.37 bits per heavy atom. The Labute approximate surface area is 395 Å². The number of aryl methyl sites for hydroxylation is 3. The summed E-state index contributed by atoms with van der Waals surface area (Å²) in [5.41, 5.74) is 6.37. The lowest BCUT2D eigenvalue weighted by molar-refractivity contribution is 0.0371. The summed E-state index contributed by atoms with van der Waals surface area (Å²) in [5.74, 6) is 3.83. The molecule has 0 fully saturated rings. The van der Waals surface area contributed by atoms with Crippen molar-refractivity contribution < 1.29 is 9.47 Å². The number of nitrogens with zero attached hydrogens (tertiary/aromatic N) is 1.